The van der Waals surface area contributed by atoms with Crippen molar-refractivity contribution in [3.8, 4) is 0 Å². The Morgan fingerprint density at radius 3 is 2.70 bits per heavy atom. The van der Waals surface area contributed by atoms with E-state index < -0.39 is 0 Å². The number of rotatable bonds is 5. The molecule has 1 heterocycles. The molecule has 6 heteroatoms. The normalized spacial score (nSPS) is 16.5. The number of amides is 2. The predicted molar refractivity (Wildman–Crippen MR) is 102 cm³/mol. The second kappa shape index (κ2) is 7.71. The predicted octanol–water partition coefficient (Wildman–Crippen LogP) is 3.70. The molecule has 2 aliphatic carbocycles. The number of fused-ring (bicyclic) bond motifs is 1. The van der Waals surface area contributed by atoms with Crippen molar-refractivity contribution in [3.63, 3.8) is 0 Å². The van der Waals surface area contributed by atoms with Crippen molar-refractivity contribution in [2.75, 3.05) is 0 Å². The van der Waals surface area contributed by atoms with E-state index in [9.17, 15) is 9.18 Å². The lowest BCUT2D eigenvalue weighted by atomic mass is 10.1. The van der Waals surface area contributed by atoms with E-state index in [0.29, 0.717) is 13.1 Å². The molecule has 1 aromatic carbocycles. The molecule has 0 spiro atoms. The van der Waals surface area contributed by atoms with Gasteiger partial charge in [-0.2, -0.15) is 5.10 Å². The van der Waals surface area contributed by atoms with Crippen LogP contribution in [0.2, 0.25) is 0 Å². The lowest BCUT2D eigenvalue weighted by Gasteiger charge is -2.29. The zero-order valence-electron chi connectivity index (χ0n) is 15.9. The number of nitrogens with zero attached hydrogens (tertiary/aromatic N) is 3. The Morgan fingerprint density at radius 1 is 1.22 bits per heavy atom. The Balaban J connectivity index is 1.48. The van der Waals surface area contributed by atoms with Crippen molar-refractivity contribution in [2.24, 2.45) is 7.05 Å². The summed E-state index contributed by atoms with van der Waals surface area (Å²) in [5, 5.41) is 7.73. The van der Waals surface area contributed by atoms with Crippen molar-refractivity contribution in [1.29, 1.82) is 0 Å². The molecule has 0 radical (unpaired) electrons. The standard InChI is InChI=1S/C21H27FN4O/c1-25-20-8-4-7-18(20)19(24-25)14-26(17-5-2-3-6-17)21(27)23-13-15-9-11-16(22)12-10-15/h9-12,17H,2-8,13-14H2,1H3,(H,23,27). The molecule has 144 valence electrons. The minimum atomic E-state index is -0.262. The van der Waals surface area contributed by atoms with E-state index in [-0.39, 0.29) is 17.9 Å². The van der Waals surface area contributed by atoms with Crippen LogP contribution in [0.3, 0.4) is 0 Å². The maximum Gasteiger partial charge on any atom is 0.318 e. The molecule has 1 aromatic heterocycles. The number of urea groups is 1. The second-order valence-electron chi connectivity index (χ2n) is 7.70. The summed E-state index contributed by atoms with van der Waals surface area (Å²) >= 11 is 0. The lowest BCUT2D eigenvalue weighted by Crippen LogP contribution is -2.44. The van der Waals surface area contributed by atoms with Gasteiger partial charge in [-0.1, -0.05) is 25.0 Å². The first-order valence-electron chi connectivity index (χ1n) is 9.94. The van der Waals surface area contributed by atoms with E-state index >= 15 is 0 Å². The first-order valence-corrected chi connectivity index (χ1v) is 9.94. The maximum absolute atomic E-state index is 13.1. The fraction of sp³-hybridized carbons (Fsp3) is 0.524. The Morgan fingerprint density at radius 2 is 1.96 bits per heavy atom. The Labute approximate surface area is 159 Å². The zero-order valence-corrected chi connectivity index (χ0v) is 15.9. The molecule has 2 aliphatic rings. The summed E-state index contributed by atoms with van der Waals surface area (Å²) in [6, 6.07) is 6.49. The van der Waals surface area contributed by atoms with Gasteiger partial charge in [0.25, 0.3) is 0 Å². The third-order valence-corrected chi connectivity index (χ3v) is 5.90. The fourth-order valence-electron chi connectivity index (χ4n) is 4.45. The molecule has 0 saturated heterocycles. The third kappa shape index (κ3) is 3.84. The molecule has 1 fully saturated rings. The van der Waals surface area contributed by atoms with Gasteiger partial charge in [-0.3, -0.25) is 4.68 Å². The minimum absolute atomic E-state index is 0.0522. The summed E-state index contributed by atoms with van der Waals surface area (Å²) in [6.45, 7) is 0.978. The highest BCUT2D eigenvalue weighted by Crippen LogP contribution is 2.29. The summed E-state index contributed by atoms with van der Waals surface area (Å²) in [5.74, 6) is -0.262. The number of hydrogen-bond acceptors (Lipinski definition) is 2. The summed E-state index contributed by atoms with van der Waals surface area (Å²) < 4.78 is 15.1. The maximum atomic E-state index is 13.1. The van der Waals surface area contributed by atoms with Gasteiger partial charge in [0.15, 0.2) is 0 Å². The SMILES string of the molecule is Cn1nc(CN(C(=O)NCc2ccc(F)cc2)C2CCCC2)c2c1CCC2. The van der Waals surface area contributed by atoms with Crippen molar-refractivity contribution < 1.29 is 9.18 Å². The van der Waals surface area contributed by atoms with Crippen LogP contribution in [0.5, 0.6) is 0 Å². The molecule has 0 atom stereocenters. The molecule has 1 N–H and O–H groups in total. The molecule has 0 aliphatic heterocycles. The Bertz CT molecular complexity index is 808. The van der Waals surface area contributed by atoms with Crippen LogP contribution in [0.4, 0.5) is 9.18 Å². The summed E-state index contributed by atoms with van der Waals surface area (Å²) in [7, 11) is 2.00. The average Bonchev–Trinajstić information content (AvgIpc) is 3.40. The van der Waals surface area contributed by atoms with Crippen LogP contribution in [-0.4, -0.2) is 26.8 Å². The summed E-state index contributed by atoms with van der Waals surface area (Å²) in [4.78, 5) is 15.0. The number of carbonyl (C=O) groups is 1. The average molecular weight is 370 g/mol. The highest BCUT2D eigenvalue weighted by Gasteiger charge is 2.30. The van der Waals surface area contributed by atoms with Crippen LogP contribution in [0.15, 0.2) is 24.3 Å². The van der Waals surface area contributed by atoms with Gasteiger partial charge in [-0.15, -0.1) is 0 Å². The van der Waals surface area contributed by atoms with E-state index in [4.69, 9.17) is 5.10 Å². The van der Waals surface area contributed by atoms with Crippen LogP contribution in [0, 0.1) is 5.82 Å². The first kappa shape index (κ1) is 18.0. The molecular weight excluding hydrogens is 343 g/mol. The Kier molecular flexibility index (Phi) is 5.14. The lowest BCUT2D eigenvalue weighted by molar-refractivity contribution is 0.169. The van der Waals surface area contributed by atoms with Gasteiger partial charge in [0.2, 0.25) is 0 Å². The number of aromatic nitrogens is 2. The second-order valence-corrected chi connectivity index (χ2v) is 7.70. The molecule has 1 saturated carbocycles. The number of benzene rings is 1. The van der Waals surface area contributed by atoms with E-state index in [0.717, 1.165) is 36.9 Å². The van der Waals surface area contributed by atoms with Gasteiger partial charge < -0.3 is 10.2 Å². The molecule has 2 aromatic rings. The molecule has 0 unspecified atom stereocenters. The quantitative estimate of drug-likeness (QED) is 0.872. The van der Waals surface area contributed by atoms with Gasteiger partial charge in [0, 0.05) is 25.3 Å². The molecule has 4 rings (SSSR count). The van der Waals surface area contributed by atoms with Gasteiger partial charge in [-0.05, 0) is 55.4 Å². The largest absolute Gasteiger partial charge is 0.334 e. The smallest absolute Gasteiger partial charge is 0.318 e. The zero-order chi connectivity index (χ0) is 18.8. The van der Waals surface area contributed by atoms with Crippen LogP contribution < -0.4 is 5.32 Å². The van der Waals surface area contributed by atoms with Crippen molar-refractivity contribution >= 4 is 6.03 Å². The van der Waals surface area contributed by atoms with E-state index in [1.807, 2.05) is 16.6 Å². The van der Waals surface area contributed by atoms with Crippen molar-refractivity contribution in [1.82, 2.24) is 20.0 Å². The number of aryl methyl sites for hydroxylation is 1. The number of carbonyl (C=O) groups excluding carboxylic acids is 1. The molecule has 27 heavy (non-hydrogen) atoms. The highest BCUT2D eigenvalue weighted by molar-refractivity contribution is 5.74. The minimum Gasteiger partial charge on any atom is -0.334 e. The molecule has 0 bridgehead atoms. The van der Waals surface area contributed by atoms with Gasteiger partial charge in [0.05, 0.1) is 12.2 Å². The Hall–Kier alpha value is -2.37. The van der Waals surface area contributed by atoms with Crippen LogP contribution in [0.1, 0.15) is 54.6 Å². The highest BCUT2D eigenvalue weighted by atomic mass is 19.1. The van der Waals surface area contributed by atoms with Gasteiger partial charge in [-0.25, -0.2) is 9.18 Å². The number of halogens is 1. The van der Waals surface area contributed by atoms with Crippen LogP contribution >= 0.6 is 0 Å². The fourth-order valence-corrected chi connectivity index (χ4v) is 4.45. The summed E-state index contributed by atoms with van der Waals surface area (Å²) in [6.07, 6.45) is 7.78. The van der Waals surface area contributed by atoms with Gasteiger partial charge in [0.1, 0.15) is 5.82 Å². The third-order valence-electron chi connectivity index (χ3n) is 5.90. The first-order chi connectivity index (χ1) is 13.1. The van der Waals surface area contributed by atoms with Crippen molar-refractivity contribution in [2.45, 2.75) is 64.1 Å². The van der Waals surface area contributed by atoms with Crippen molar-refractivity contribution in [3.05, 3.63) is 52.6 Å². The molecule has 5 nitrogen and oxygen atoms in total. The van der Waals surface area contributed by atoms with E-state index in [1.165, 1.54) is 42.7 Å². The van der Waals surface area contributed by atoms with Crippen LogP contribution in [-0.2, 0) is 33.0 Å². The van der Waals surface area contributed by atoms with E-state index in [2.05, 4.69) is 5.32 Å². The number of hydrogen-bond donors (Lipinski definition) is 1. The summed E-state index contributed by atoms with van der Waals surface area (Å²) in [5.41, 5.74) is 4.61. The topological polar surface area (TPSA) is 50.2 Å². The molecular formula is C21H27FN4O. The van der Waals surface area contributed by atoms with E-state index in [1.54, 1.807) is 12.1 Å². The number of nitrogens with one attached hydrogen (secondary N) is 1. The van der Waals surface area contributed by atoms with Crippen LogP contribution in [0.25, 0.3) is 0 Å². The molecule has 2 amide bonds. The van der Waals surface area contributed by atoms with Gasteiger partial charge >= 0.3 is 6.03 Å². The monoisotopic (exact) mass is 370 g/mol.